The monoisotopic (exact) mass is 214 g/mol. The summed E-state index contributed by atoms with van der Waals surface area (Å²) in [5.41, 5.74) is 0. The maximum absolute atomic E-state index is 11.4. The van der Waals surface area contributed by atoms with Crippen molar-refractivity contribution < 1.29 is 9.59 Å². The molecule has 0 aliphatic carbocycles. The minimum Gasteiger partial charge on any atom is -0.354 e. The molecule has 0 fully saturated rings. The van der Waals surface area contributed by atoms with Gasteiger partial charge in [0.1, 0.15) is 0 Å². The van der Waals surface area contributed by atoms with E-state index in [1.165, 1.54) is 11.8 Å². The fourth-order valence-corrected chi connectivity index (χ4v) is 1.22. The second-order valence-corrected chi connectivity index (χ2v) is 3.86. The van der Waals surface area contributed by atoms with Gasteiger partial charge in [0.05, 0.1) is 6.54 Å². The molecule has 0 aromatic rings. The van der Waals surface area contributed by atoms with E-state index in [0.717, 1.165) is 12.8 Å². The number of hydrogen-bond donors (Lipinski definition) is 1. The molecule has 0 radical (unpaired) electrons. The molecule has 0 heterocycles. The Morgan fingerprint density at radius 3 is 2.20 bits per heavy atom. The van der Waals surface area contributed by atoms with Crippen molar-refractivity contribution in [3.8, 4) is 0 Å². The molecule has 0 saturated carbocycles. The fourth-order valence-electron chi connectivity index (χ4n) is 1.22. The summed E-state index contributed by atoms with van der Waals surface area (Å²) in [7, 11) is 1.62. The predicted octanol–water partition coefficient (Wildman–Crippen LogP) is 1.02. The number of rotatable bonds is 6. The Kier molecular flexibility index (Phi) is 6.75. The number of nitrogens with zero attached hydrogens (tertiary/aromatic N) is 1. The van der Waals surface area contributed by atoms with Gasteiger partial charge in [0.15, 0.2) is 0 Å². The van der Waals surface area contributed by atoms with Crippen molar-refractivity contribution in [2.75, 3.05) is 20.1 Å². The Morgan fingerprint density at radius 1 is 1.27 bits per heavy atom. The van der Waals surface area contributed by atoms with Gasteiger partial charge in [0.25, 0.3) is 0 Å². The Labute approximate surface area is 92.0 Å². The molecule has 4 nitrogen and oxygen atoms in total. The number of carbonyl (C=O) groups is 2. The highest BCUT2D eigenvalue weighted by molar-refractivity contribution is 5.83. The van der Waals surface area contributed by atoms with E-state index in [4.69, 9.17) is 0 Å². The number of likely N-dealkylation sites (N-methyl/N-ethyl adjacent to an activating group) is 1. The maximum Gasteiger partial charge on any atom is 0.239 e. The van der Waals surface area contributed by atoms with Crippen molar-refractivity contribution in [2.24, 2.45) is 5.92 Å². The molecule has 1 N–H and O–H groups in total. The summed E-state index contributed by atoms with van der Waals surface area (Å²) in [6.07, 6.45) is 2.14. The van der Waals surface area contributed by atoms with Gasteiger partial charge in [-0.1, -0.05) is 26.7 Å². The third kappa shape index (κ3) is 6.10. The molecule has 0 bridgehead atoms. The Bertz CT molecular complexity index is 213. The fraction of sp³-hybridized carbons (Fsp3) is 0.818. The smallest absolute Gasteiger partial charge is 0.239 e. The molecule has 88 valence electrons. The van der Waals surface area contributed by atoms with E-state index in [1.54, 1.807) is 7.05 Å². The van der Waals surface area contributed by atoms with Gasteiger partial charge in [-0.05, 0) is 5.92 Å². The van der Waals surface area contributed by atoms with Crippen LogP contribution in [0.15, 0.2) is 0 Å². The van der Waals surface area contributed by atoms with Gasteiger partial charge in [-0.15, -0.1) is 0 Å². The van der Waals surface area contributed by atoms with Crippen LogP contribution in [-0.2, 0) is 9.59 Å². The van der Waals surface area contributed by atoms with E-state index in [1.807, 2.05) is 0 Å². The normalized spacial score (nSPS) is 10.2. The number of nitrogens with one attached hydrogen (secondary N) is 1. The lowest BCUT2D eigenvalue weighted by molar-refractivity contribution is -0.133. The van der Waals surface area contributed by atoms with Crippen molar-refractivity contribution >= 4 is 11.8 Å². The van der Waals surface area contributed by atoms with Gasteiger partial charge >= 0.3 is 0 Å². The van der Waals surface area contributed by atoms with Crippen LogP contribution in [0.1, 0.15) is 33.6 Å². The Morgan fingerprint density at radius 2 is 1.80 bits per heavy atom. The van der Waals surface area contributed by atoms with Crippen LogP contribution in [0.4, 0.5) is 0 Å². The summed E-state index contributed by atoms with van der Waals surface area (Å²) in [6, 6.07) is 0. The summed E-state index contributed by atoms with van der Waals surface area (Å²) in [4.78, 5) is 23.7. The minimum absolute atomic E-state index is 0.0837. The largest absolute Gasteiger partial charge is 0.354 e. The van der Waals surface area contributed by atoms with Crippen molar-refractivity contribution in [3.63, 3.8) is 0 Å². The lowest BCUT2D eigenvalue weighted by Gasteiger charge is -2.17. The molecular formula is C11H22N2O2. The summed E-state index contributed by atoms with van der Waals surface area (Å²) in [5, 5.41) is 2.84. The quantitative estimate of drug-likeness (QED) is 0.717. The average molecular weight is 214 g/mol. The van der Waals surface area contributed by atoms with E-state index in [9.17, 15) is 9.59 Å². The van der Waals surface area contributed by atoms with E-state index >= 15 is 0 Å². The molecule has 2 amide bonds. The van der Waals surface area contributed by atoms with Gasteiger partial charge in [-0.2, -0.15) is 0 Å². The standard InChI is InChI=1S/C11H22N2O2/c1-5-10(6-2)7-12-11(15)8-13(4)9(3)14/h10H,5-8H2,1-4H3,(H,12,15). The zero-order valence-corrected chi connectivity index (χ0v) is 10.2. The highest BCUT2D eigenvalue weighted by Gasteiger charge is 2.10. The van der Waals surface area contributed by atoms with Crippen LogP contribution < -0.4 is 5.32 Å². The third-order valence-electron chi connectivity index (χ3n) is 2.66. The van der Waals surface area contributed by atoms with Gasteiger partial charge in [-0.25, -0.2) is 0 Å². The van der Waals surface area contributed by atoms with Crippen LogP contribution in [0.3, 0.4) is 0 Å². The second kappa shape index (κ2) is 7.26. The molecule has 0 unspecified atom stereocenters. The van der Waals surface area contributed by atoms with E-state index in [2.05, 4.69) is 19.2 Å². The minimum atomic E-state index is -0.0901. The lowest BCUT2D eigenvalue weighted by atomic mass is 10.0. The summed E-state index contributed by atoms with van der Waals surface area (Å²) >= 11 is 0. The first-order valence-corrected chi connectivity index (χ1v) is 5.49. The molecular weight excluding hydrogens is 192 g/mol. The number of hydrogen-bond acceptors (Lipinski definition) is 2. The molecule has 0 saturated heterocycles. The van der Waals surface area contributed by atoms with Crippen molar-refractivity contribution in [2.45, 2.75) is 33.6 Å². The molecule has 15 heavy (non-hydrogen) atoms. The Balaban J connectivity index is 3.79. The van der Waals surface area contributed by atoms with Crippen LogP contribution in [-0.4, -0.2) is 36.9 Å². The molecule has 0 rings (SSSR count). The SMILES string of the molecule is CCC(CC)CNC(=O)CN(C)C(C)=O. The molecule has 0 aromatic carbocycles. The zero-order valence-electron chi connectivity index (χ0n) is 10.2. The van der Waals surface area contributed by atoms with Crippen molar-refractivity contribution in [1.29, 1.82) is 0 Å². The van der Waals surface area contributed by atoms with Crippen LogP contribution in [0, 0.1) is 5.92 Å². The van der Waals surface area contributed by atoms with Gasteiger partial charge < -0.3 is 10.2 Å². The molecule has 0 spiro atoms. The first-order chi connectivity index (χ1) is 7.01. The first-order valence-electron chi connectivity index (χ1n) is 5.49. The first kappa shape index (κ1) is 13.9. The molecule has 0 atom stereocenters. The summed E-state index contributed by atoms with van der Waals surface area (Å²) in [6.45, 7) is 6.53. The number of amides is 2. The number of carbonyl (C=O) groups excluding carboxylic acids is 2. The van der Waals surface area contributed by atoms with E-state index < -0.39 is 0 Å². The topological polar surface area (TPSA) is 49.4 Å². The van der Waals surface area contributed by atoms with Gasteiger partial charge in [0, 0.05) is 20.5 Å². The summed E-state index contributed by atoms with van der Waals surface area (Å²) in [5.74, 6) is 0.365. The molecule has 0 aliphatic rings. The van der Waals surface area contributed by atoms with E-state index in [-0.39, 0.29) is 18.4 Å². The summed E-state index contributed by atoms with van der Waals surface area (Å²) < 4.78 is 0. The van der Waals surface area contributed by atoms with Crippen molar-refractivity contribution in [1.82, 2.24) is 10.2 Å². The third-order valence-corrected chi connectivity index (χ3v) is 2.66. The zero-order chi connectivity index (χ0) is 11.8. The maximum atomic E-state index is 11.4. The predicted molar refractivity (Wildman–Crippen MR) is 60.4 cm³/mol. The van der Waals surface area contributed by atoms with Gasteiger partial charge in [0.2, 0.25) is 11.8 Å². The second-order valence-electron chi connectivity index (χ2n) is 3.86. The highest BCUT2D eigenvalue weighted by atomic mass is 16.2. The van der Waals surface area contributed by atoms with Crippen LogP contribution in [0.2, 0.25) is 0 Å². The van der Waals surface area contributed by atoms with Crippen LogP contribution in [0.25, 0.3) is 0 Å². The molecule has 4 heteroatoms. The van der Waals surface area contributed by atoms with Crippen LogP contribution >= 0.6 is 0 Å². The molecule has 0 aliphatic heterocycles. The Hall–Kier alpha value is -1.06. The van der Waals surface area contributed by atoms with Gasteiger partial charge in [-0.3, -0.25) is 9.59 Å². The van der Waals surface area contributed by atoms with Crippen molar-refractivity contribution in [3.05, 3.63) is 0 Å². The van der Waals surface area contributed by atoms with E-state index in [0.29, 0.717) is 12.5 Å². The average Bonchev–Trinajstić information content (AvgIpc) is 2.19. The molecule has 0 aromatic heterocycles. The lowest BCUT2D eigenvalue weighted by Crippen LogP contribution is -2.39. The highest BCUT2D eigenvalue weighted by Crippen LogP contribution is 2.04. The van der Waals surface area contributed by atoms with Crippen LogP contribution in [0.5, 0.6) is 0 Å².